The van der Waals surface area contributed by atoms with E-state index in [0.717, 1.165) is 6.04 Å². The number of hydrogen-bond acceptors (Lipinski definition) is 3. The second-order valence-corrected chi connectivity index (χ2v) is 4.53. The van der Waals surface area contributed by atoms with Crippen molar-refractivity contribution in [1.82, 2.24) is 15.1 Å². The lowest BCUT2D eigenvalue weighted by molar-refractivity contribution is 0.101. The van der Waals surface area contributed by atoms with E-state index in [1.165, 1.54) is 32.5 Å². The van der Waals surface area contributed by atoms with Crippen molar-refractivity contribution in [3.8, 4) is 0 Å². The number of nitrogens with zero attached hydrogens (tertiary/aromatic N) is 2. The molecule has 2 atom stereocenters. The van der Waals surface area contributed by atoms with E-state index < -0.39 is 0 Å². The van der Waals surface area contributed by atoms with Crippen molar-refractivity contribution >= 4 is 0 Å². The smallest absolute Gasteiger partial charge is 0.0235 e. The van der Waals surface area contributed by atoms with Gasteiger partial charge in [0.1, 0.15) is 0 Å². The third-order valence-corrected chi connectivity index (χ3v) is 3.44. The zero-order valence-corrected chi connectivity index (χ0v) is 10.1. The van der Waals surface area contributed by atoms with Crippen LogP contribution < -0.4 is 5.32 Å². The molecule has 14 heavy (non-hydrogen) atoms. The summed E-state index contributed by atoms with van der Waals surface area (Å²) in [6, 6.07) is 1.40. The van der Waals surface area contributed by atoms with Gasteiger partial charge in [-0.1, -0.05) is 6.92 Å². The number of likely N-dealkylation sites (N-methyl/N-ethyl adjacent to an activating group) is 2. The maximum Gasteiger partial charge on any atom is 0.0235 e. The Morgan fingerprint density at radius 2 is 2.07 bits per heavy atom. The first-order chi connectivity index (χ1) is 6.67. The fourth-order valence-electron chi connectivity index (χ4n) is 2.17. The van der Waals surface area contributed by atoms with E-state index in [-0.39, 0.29) is 0 Å². The minimum absolute atomic E-state index is 0.675. The van der Waals surface area contributed by atoms with Gasteiger partial charge in [-0.3, -0.25) is 0 Å². The van der Waals surface area contributed by atoms with Gasteiger partial charge < -0.3 is 15.1 Å². The molecule has 0 spiro atoms. The molecule has 0 amide bonds. The van der Waals surface area contributed by atoms with Gasteiger partial charge in [0.25, 0.3) is 0 Å². The molecule has 0 aromatic rings. The molecule has 0 bridgehead atoms. The number of hydrogen-bond donors (Lipinski definition) is 1. The van der Waals surface area contributed by atoms with Crippen LogP contribution in [0.1, 0.15) is 19.8 Å². The first kappa shape index (κ1) is 12.0. The highest BCUT2D eigenvalue weighted by atomic mass is 15.3. The van der Waals surface area contributed by atoms with Crippen LogP contribution in [0.25, 0.3) is 0 Å². The molecule has 0 aromatic carbocycles. The Balaban J connectivity index is 2.40. The summed E-state index contributed by atoms with van der Waals surface area (Å²) in [5, 5.41) is 3.39. The summed E-state index contributed by atoms with van der Waals surface area (Å²) in [6.45, 7) is 5.90. The Labute approximate surface area is 88.5 Å². The SMILES string of the molecule is CCC(CC1CN(C)CCN1C)NC. The number of nitrogens with one attached hydrogen (secondary N) is 1. The molecule has 2 unspecified atom stereocenters. The molecule has 84 valence electrons. The largest absolute Gasteiger partial charge is 0.317 e. The molecule has 0 aliphatic carbocycles. The molecule has 1 N–H and O–H groups in total. The normalized spacial score (nSPS) is 27.9. The summed E-state index contributed by atoms with van der Waals surface area (Å²) >= 11 is 0. The van der Waals surface area contributed by atoms with Gasteiger partial charge in [-0.05, 0) is 34.0 Å². The van der Waals surface area contributed by atoms with Gasteiger partial charge in [0, 0.05) is 31.7 Å². The van der Waals surface area contributed by atoms with Gasteiger partial charge in [0.05, 0.1) is 0 Å². The van der Waals surface area contributed by atoms with Crippen LogP contribution in [0.5, 0.6) is 0 Å². The van der Waals surface area contributed by atoms with Gasteiger partial charge in [0.2, 0.25) is 0 Å². The Kier molecular flexibility index (Phi) is 4.85. The molecular formula is C11H25N3. The van der Waals surface area contributed by atoms with Crippen molar-refractivity contribution < 1.29 is 0 Å². The fourth-order valence-corrected chi connectivity index (χ4v) is 2.17. The van der Waals surface area contributed by atoms with Crippen LogP contribution in [0.4, 0.5) is 0 Å². The maximum absolute atomic E-state index is 3.39. The van der Waals surface area contributed by atoms with E-state index in [1.807, 2.05) is 0 Å². The summed E-state index contributed by atoms with van der Waals surface area (Å²) in [6.07, 6.45) is 2.50. The highest BCUT2D eigenvalue weighted by Gasteiger charge is 2.23. The first-order valence-electron chi connectivity index (χ1n) is 5.73. The molecule has 1 aliphatic rings. The van der Waals surface area contributed by atoms with E-state index in [9.17, 15) is 0 Å². The Hall–Kier alpha value is -0.120. The van der Waals surface area contributed by atoms with Gasteiger partial charge in [-0.2, -0.15) is 0 Å². The fraction of sp³-hybridized carbons (Fsp3) is 1.00. The summed E-state index contributed by atoms with van der Waals surface area (Å²) < 4.78 is 0. The van der Waals surface area contributed by atoms with Crippen LogP contribution in [-0.4, -0.2) is 62.7 Å². The lowest BCUT2D eigenvalue weighted by Crippen LogP contribution is -2.51. The molecule has 3 nitrogen and oxygen atoms in total. The molecule has 0 radical (unpaired) electrons. The van der Waals surface area contributed by atoms with Crippen LogP contribution in [0.3, 0.4) is 0 Å². The minimum Gasteiger partial charge on any atom is -0.317 e. The van der Waals surface area contributed by atoms with Crippen molar-refractivity contribution in [3.05, 3.63) is 0 Å². The third-order valence-electron chi connectivity index (χ3n) is 3.44. The Morgan fingerprint density at radius 3 is 2.64 bits per heavy atom. The van der Waals surface area contributed by atoms with E-state index in [1.54, 1.807) is 0 Å². The summed E-state index contributed by atoms with van der Waals surface area (Å²) in [5.41, 5.74) is 0. The van der Waals surface area contributed by atoms with Crippen LogP contribution in [0.15, 0.2) is 0 Å². The van der Waals surface area contributed by atoms with Crippen molar-refractivity contribution in [1.29, 1.82) is 0 Å². The summed E-state index contributed by atoms with van der Waals surface area (Å²) in [5.74, 6) is 0. The van der Waals surface area contributed by atoms with Crippen molar-refractivity contribution in [2.45, 2.75) is 31.8 Å². The Bertz CT molecular complexity index is 157. The predicted octanol–water partition coefficient (Wildman–Crippen LogP) is 0.620. The van der Waals surface area contributed by atoms with E-state index in [2.05, 4.69) is 43.2 Å². The Morgan fingerprint density at radius 1 is 1.36 bits per heavy atom. The third kappa shape index (κ3) is 3.23. The molecule has 1 fully saturated rings. The van der Waals surface area contributed by atoms with Crippen molar-refractivity contribution in [2.75, 3.05) is 40.8 Å². The standard InChI is InChI=1S/C11H25N3/c1-5-10(12-2)8-11-9-13(3)6-7-14(11)4/h10-12H,5-9H2,1-4H3. The summed E-state index contributed by atoms with van der Waals surface area (Å²) in [4.78, 5) is 4.94. The van der Waals surface area contributed by atoms with Gasteiger partial charge >= 0.3 is 0 Å². The monoisotopic (exact) mass is 199 g/mol. The molecule has 1 saturated heterocycles. The maximum atomic E-state index is 3.39. The lowest BCUT2D eigenvalue weighted by Gasteiger charge is -2.39. The topological polar surface area (TPSA) is 18.5 Å². The quantitative estimate of drug-likeness (QED) is 0.716. The summed E-state index contributed by atoms with van der Waals surface area (Å²) in [7, 11) is 6.54. The van der Waals surface area contributed by atoms with Gasteiger partial charge in [0.15, 0.2) is 0 Å². The zero-order chi connectivity index (χ0) is 10.6. The van der Waals surface area contributed by atoms with E-state index in [4.69, 9.17) is 0 Å². The molecule has 1 rings (SSSR count). The molecule has 1 aliphatic heterocycles. The molecular weight excluding hydrogens is 174 g/mol. The number of piperazine rings is 1. The van der Waals surface area contributed by atoms with Crippen LogP contribution in [-0.2, 0) is 0 Å². The highest BCUT2D eigenvalue weighted by molar-refractivity contribution is 4.82. The molecule has 0 saturated carbocycles. The molecule has 1 heterocycles. The van der Waals surface area contributed by atoms with Crippen molar-refractivity contribution in [3.63, 3.8) is 0 Å². The average Bonchev–Trinajstić information content (AvgIpc) is 2.19. The molecule has 3 heteroatoms. The second kappa shape index (κ2) is 5.69. The second-order valence-electron chi connectivity index (χ2n) is 4.53. The van der Waals surface area contributed by atoms with E-state index in [0.29, 0.717) is 6.04 Å². The van der Waals surface area contributed by atoms with Crippen LogP contribution in [0.2, 0.25) is 0 Å². The minimum atomic E-state index is 0.675. The van der Waals surface area contributed by atoms with Gasteiger partial charge in [-0.15, -0.1) is 0 Å². The zero-order valence-electron chi connectivity index (χ0n) is 10.1. The van der Waals surface area contributed by atoms with Crippen LogP contribution in [0, 0.1) is 0 Å². The number of rotatable bonds is 4. The van der Waals surface area contributed by atoms with Crippen molar-refractivity contribution in [2.24, 2.45) is 0 Å². The predicted molar refractivity (Wildman–Crippen MR) is 61.7 cm³/mol. The highest BCUT2D eigenvalue weighted by Crippen LogP contribution is 2.12. The van der Waals surface area contributed by atoms with Crippen LogP contribution >= 0.6 is 0 Å². The lowest BCUT2D eigenvalue weighted by atomic mass is 10.0. The van der Waals surface area contributed by atoms with Gasteiger partial charge in [-0.25, -0.2) is 0 Å². The average molecular weight is 199 g/mol. The molecule has 0 aromatic heterocycles. The first-order valence-corrected chi connectivity index (χ1v) is 5.73. The van der Waals surface area contributed by atoms with E-state index >= 15 is 0 Å².